The third-order valence-electron chi connectivity index (χ3n) is 4.49. The molecule has 0 aliphatic carbocycles. The Balaban J connectivity index is 1.37. The molecule has 2 aromatic carbocycles. The molecule has 0 saturated heterocycles. The van der Waals surface area contributed by atoms with Crippen LogP contribution in [0.3, 0.4) is 0 Å². The lowest BCUT2D eigenvalue weighted by atomic mass is 10.2. The summed E-state index contributed by atoms with van der Waals surface area (Å²) in [7, 11) is 0. The number of nitrogens with two attached hydrogens (primary N) is 1. The van der Waals surface area contributed by atoms with E-state index in [-0.39, 0.29) is 0 Å². The van der Waals surface area contributed by atoms with Crippen LogP contribution >= 0.6 is 0 Å². The first-order chi connectivity index (χ1) is 14.3. The van der Waals surface area contributed by atoms with Gasteiger partial charge in [-0.2, -0.15) is 0 Å². The predicted molar refractivity (Wildman–Crippen MR) is 108 cm³/mol. The number of hydrogen-bond donors (Lipinski definition) is 3. The number of nitrogens with zero attached hydrogens (tertiary/aromatic N) is 2. The molecule has 1 aromatic heterocycles. The second-order valence-electron chi connectivity index (χ2n) is 6.45. The monoisotopic (exact) mass is 393 g/mol. The van der Waals surface area contributed by atoms with Gasteiger partial charge in [-0.15, -0.1) is 0 Å². The maximum atomic E-state index is 6.29. The second kappa shape index (κ2) is 7.27. The van der Waals surface area contributed by atoms with E-state index >= 15 is 0 Å². The number of fused-ring (bicyclic) bond motifs is 2. The number of rotatable bonds is 4. The quantitative estimate of drug-likeness (QED) is 0.615. The molecule has 0 amide bonds. The summed E-state index contributed by atoms with van der Waals surface area (Å²) in [4.78, 5) is 8.51. The Kier molecular flexibility index (Phi) is 4.32. The maximum absolute atomic E-state index is 6.29. The van der Waals surface area contributed by atoms with Crippen LogP contribution in [0.25, 0.3) is 0 Å². The third-order valence-corrected chi connectivity index (χ3v) is 4.49. The van der Waals surface area contributed by atoms with Crippen molar-refractivity contribution in [3.05, 3.63) is 42.7 Å². The number of aromatic nitrogens is 2. The standard InChI is InChI=1S/C20H19N5O4/c21-18-19(24-12-1-3-14-16(9-12)28-7-5-26-14)22-11-23-20(18)25-13-2-4-15-17(10-13)29-8-6-27-15/h1-4,9-11H,5-8,21H2,(H2,22,23,24,25). The van der Waals surface area contributed by atoms with E-state index in [2.05, 4.69) is 20.6 Å². The average molecular weight is 393 g/mol. The zero-order valence-electron chi connectivity index (χ0n) is 15.5. The lowest BCUT2D eigenvalue weighted by Gasteiger charge is -2.20. The van der Waals surface area contributed by atoms with Gasteiger partial charge in [0.1, 0.15) is 38.4 Å². The van der Waals surface area contributed by atoms with Crippen LogP contribution in [-0.4, -0.2) is 36.4 Å². The molecule has 0 saturated carbocycles. The van der Waals surface area contributed by atoms with Crippen LogP contribution in [0.2, 0.25) is 0 Å². The molecule has 2 aliphatic rings. The van der Waals surface area contributed by atoms with Crippen LogP contribution < -0.4 is 35.3 Å². The number of anilines is 5. The Hall–Kier alpha value is -3.88. The molecule has 3 heterocycles. The van der Waals surface area contributed by atoms with Crippen LogP contribution in [0.1, 0.15) is 0 Å². The van der Waals surface area contributed by atoms with Crippen molar-refractivity contribution < 1.29 is 18.9 Å². The molecule has 4 N–H and O–H groups in total. The Bertz CT molecular complexity index is 979. The minimum atomic E-state index is 0.386. The number of nitrogens with one attached hydrogen (secondary N) is 2. The van der Waals surface area contributed by atoms with Crippen LogP contribution in [0.15, 0.2) is 42.7 Å². The maximum Gasteiger partial charge on any atom is 0.163 e. The molecule has 0 fully saturated rings. The molecule has 148 valence electrons. The molecule has 0 spiro atoms. The molecule has 0 radical (unpaired) electrons. The SMILES string of the molecule is Nc1c(Nc2ccc3c(c2)OCCO3)ncnc1Nc1ccc2c(c1)OCCO2. The highest BCUT2D eigenvalue weighted by Crippen LogP contribution is 2.36. The van der Waals surface area contributed by atoms with Crippen molar-refractivity contribution in [2.45, 2.75) is 0 Å². The summed E-state index contributed by atoms with van der Waals surface area (Å²) in [5.74, 6) is 3.78. The van der Waals surface area contributed by atoms with Crippen LogP contribution in [-0.2, 0) is 0 Å². The van der Waals surface area contributed by atoms with Gasteiger partial charge in [-0.05, 0) is 24.3 Å². The summed E-state index contributed by atoms with van der Waals surface area (Å²) in [6, 6.07) is 11.2. The largest absolute Gasteiger partial charge is 0.486 e. The van der Waals surface area contributed by atoms with Crippen molar-refractivity contribution in [3.8, 4) is 23.0 Å². The highest BCUT2D eigenvalue weighted by atomic mass is 16.6. The van der Waals surface area contributed by atoms with E-state index in [1.807, 2.05) is 36.4 Å². The summed E-state index contributed by atoms with van der Waals surface area (Å²) >= 11 is 0. The fraction of sp³-hybridized carbons (Fsp3) is 0.200. The number of benzene rings is 2. The smallest absolute Gasteiger partial charge is 0.163 e. The summed E-state index contributed by atoms with van der Waals surface area (Å²) in [5.41, 5.74) is 8.24. The highest BCUT2D eigenvalue weighted by Gasteiger charge is 2.15. The fourth-order valence-electron chi connectivity index (χ4n) is 3.11. The molecular formula is C20H19N5O4. The van der Waals surface area contributed by atoms with Gasteiger partial charge in [0.05, 0.1) is 0 Å². The van der Waals surface area contributed by atoms with Gasteiger partial charge in [0.25, 0.3) is 0 Å². The Morgan fingerprint density at radius 1 is 0.655 bits per heavy atom. The Morgan fingerprint density at radius 3 is 1.59 bits per heavy atom. The fourth-order valence-corrected chi connectivity index (χ4v) is 3.11. The number of nitrogen functional groups attached to an aromatic ring is 1. The second-order valence-corrected chi connectivity index (χ2v) is 6.45. The van der Waals surface area contributed by atoms with E-state index in [1.165, 1.54) is 6.33 Å². The topological polar surface area (TPSA) is 113 Å². The molecule has 29 heavy (non-hydrogen) atoms. The molecule has 9 heteroatoms. The molecule has 5 rings (SSSR count). The first-order valence-electron chi connectivity index (χ1n) is 9.20. The minimum Gasteiger partial charge on any atom is -0.486 e. The van der Waals surface area contributed by atoms with Crippen molar-refractivity contribution >= 4 is 28.7 Å². The van der Waals surface area contributed by atoms with Gasteiger partial charge >= 0.3 is 0 Å². The first kappa shape index (κ1) is 17.2. The third kappa shape index (κ3) is 3.49. The Labute approximate surface area is 166 Å². The molecular weight excluding hydrogens is 374 g/mol. The van der Waals surface area contributed by atoms with E-state index in [9.17, 15) is 0 Å². The molecule has 3 aromatic rings. The number of ether oxygens (including phenoxy) is 4. The van der Waals surface area contributed by atoms with E-state index in [0.29, 0.717) is 55.2 Å². The van der Waals surface area contributed by atoms with Crippen molar-refractivity contribution in [2.24, 2.45) is 0 Å². The van der Waals surface area contributed by atoms with Gasteiger partial charge in [-0.25, -0.2) is 9.97 Å². The Morgan fingerprint density at radius 2 is 1.10 bits per heavy atom. The van der Waals surface area contributed by atoms with Crippen LogP contribution in [0.4, 0.5) is 28.7 Å². The van der Waals surface area contributed by atoms with E-state index in [4.69, 9.17) is 24.7 Å². The van der Waals surface area contributed by atoms with E-state index < -0.39 is 0 Å². The van der Waals surface area contributed by atoms with Gasteiger partial charge in [0.15, 0.2) is 34.6 Å². The minimum absolute atomic E-state index is 0.386. The van der Waals surface area contributed by atoms with Gasteiger partial charge < -0.3 is 35.3 Å². The zero-order valence-corrected chi connectivity index (χ0v) is 15.5. The van der Waals surface area contributed by atoms with Crippen LogP contribution in [0.5, 0.6) is 23.0 Å². The molecule has 0 atom stereocenters. The van der Waals surface area contributed by atoms with Gasteiger partial charge in [-0.3, -0.25) is 0 Å². The lowest BCUT2D eigenvalue weighted by Crippen LogP contribution is -2.15. The van der Waals surface area contributed by atoms with E-state index in [0.717, 1.165) is 22.9 Å². The van der Waals surface area contributed by atoms with Crippen molar-refractivity contribution in [2.75, 3.05) is 42.8 Å². The lowest BCUT2D eigenvalue weighted by molar-refractivity contribution is 0.171. The van der Waals surface area contributed by atoms with Crippen LogP contribution in [0, 0.1) is 0 Å². The normalized spacial score (nSPS) is 14.2. The molecule has 2 aliphatic heterocycles. The average Bonchev–Trinajstić information content (AvgIpc) is 2.76. The van der Waals surface area contributed by atoms with Crippen molar-refractivity contribution in [1.82, 2.24) is 9.97 Å². The zero-order chi connectivity index (χ0) is 19.6. The summed E-state index contributed by atoms with van der Waals surface area (Å²) in [6.07, 6.45) is 1.44. The highest BCUT2D eigenvalue weighted by molar-refractivity contribution is 5.81. The number of hydrogen-bond acceptors (Lipinski definition) is 9. The van der Waals surface area contributed by atoms with Crippen molar-refractivity contribution in [1.29, 1.82) is 0 Å². The summed E-state index contributed by atoms with van der Waals surface area (Å²) < 4.78 is 22.3. The van der Waals surface area contributed by atoms with Gasteiger partial charge in [-0.1, -0.05) is 0 Å². The predicted octanol–water partition coefficient (Wildman–Crippen LogP) is 3.09. The summed E-state index contributed by atoms with van der Waals surface area (Å²) in [6.45, 7) is 2.15. The molecule has 0 unspecified atom stereocenters. The first-order valence-corrected chi connectivity index (χ1v) is 9.20. The van der Waals surface area contributed by atoms with Gasteiger partial charge in [0.2, 0.25) is 0 Å². The summed E-state index contributed by atoms with van der Waals surface area (Å²) in [5, 5.41) is 6.40. The van der Waals surface area contributed by atoms with Crippen molar-refractivity contribution in [3.63, 3.8) is 0 Å². The van der Waals surface area contributed by atoms with Gasteiger partial charge in [0, 0.05) is 23.5 Å². The molecule has 0 bridgehead atoms. The molecule has 9 nitrogen and oxygen atoms in total. The van der Waals surface area contributed by atoms with E-state index in [1.54, 1.807) is 0 Å².